The number of benzene rings is 5. The number of rotatable bonds is 1. The fourth-order valence-electron chi connectivity index (χ4n) is 6.72. The van der Waals surface area contributed by atoms with Crippen molar-refractivity contribution in [3.05, 3.63) is 155 Å². The van der Waals surface area contributed by atoms with E-state index in [1.165, 1.54) is 22.3 Å². The Balaban J connectivity index is 1.36. The van der Waals surface area contributed by atoms with E-state index in [4.69, 9.17) is 15.7 Å². The predicted molar refractivity (Wildman–Crippen MR) is 160 cm³/mol. The first kappa shape index (κ1) is 21.9. The molecule has 3 aliphatic rings. The highest BCUT2D eigenvalue weighted by molar-refractivity contribution is 8.08. The Hall–Kier alpha value is -4.98. The Bertz CT molecular complexity index is 2080. The third-order valence-corrected chi connectivity index (χ3v) is 9.50. The zero-order valence-electron chi connectivity index (χ0n) is 21.1. The van der Waals surface area contributed by atoms with Gasteiger partial charge in [0.2, 0.25) is 0 Å². The van der Waals surface area contributed by atoms with Gasteiger partial charge >= 0.3 is 0 Å². The summed E-state index contributed by atoms with van der Waals surface area (Å²) >= 11 is 1.76. The van der Waals surface area contributed by atoms with Crippen molar-refractivity contribution in [3.8, 4) is 28.0 Å². The number of furan rings is 1. The van der Waals surface area contributed by atoms with Crippen molar-refractivity contribution in [3.63, 3.8) is 0 Å². The summed E-state index contributed by atoms with van der Waals surface area (Å²) in [6.07, 6.45) is 0. The minimum Gasteiger partial charge on any atom is -0.459 e. The second kappa shape index (κ2) is 7.79. The lowest BCUT2D eigenvalue weighted by Crippen LogP contribution is -2.30. The van der Waals surface area contributed by atoms with Crippen LogP contribution in [-0.4, -0.2) is 0 Å². The molecule has 0 atom stereocenters. The zero-order chi connectivity index (χ0) is 26.4. The molecule has 0 fully saturated rings. The van der Waals surface area contributed by atoms with Crippen LogP contribution in [-0.2, 0) is 5.41 Å². The Labute approximate surface area is 235 Å². The van der Waals surface area contributed by atoms with Crippen LogP contribution >= 0.6 is 11.8 Å². The molecule has 1 aromatic heterocycles. The van der Waals surface area contributed by atoms with E-state index < -0.39 is 5.41 Å². The van der Waals surface area contributed by atoms with E-state index >= 15 is 0 Å². The first-order chi connectivity index (χ1) is 19.8. The molecule has 40 heavy (non-hydrogen) atoms. The van der Waals surface area contributed by atoms with Gasteiger partial charge in [0.05, 0.1) is 16.4 Å². The number of hydrogen-bond acceptors (Lipinski definition) is 3. The number of fused-ring (bicyclic) bond motifs is 12. The van der Waals surface area contributed by atoms with E-state index in [1.807, 2.05) is 30.3 Å². The molecule has 0 bridgehead atoms. The molecule has 9 rings (SSSR count). The molecule has 0 unspecified atom stereocenters. The van der Waals surface area contributed by atoms with Crippen molar-refractivity contribution in [2.75, 3.05) is 0 Å². The van der Waals surface area contributed by atoms with Crippen molar-refractivity contribution in [1.29, 1.82) is 0 Å². The lowest BCUT2D eigenvalue weighted by atomic mass is 9.76. The first-order valence-corrected chi connectivity index (χ1v) is 14.0. The van der Waals surface area contributed by atoms with Crippen LogP contribution in [0.15, 0.2) is 130 Å². The second-order valence-electron chi connectivity index (χ2n) is 10.3. The van der Waals surface area contributed by atoms with Crippen molar-refractivity contribution < 1.29 is 9.15 Å². The molecule has 3 nitrogen and oxygen atoms in total. The lowest BCUT2D eigenvalue weighted by molar-refractivity contribution is 0.344. The van der Waals surface area contributed by atoms with E-state index in [1.54, 1.807) is 11.8 Å². The van der Waals surface area contributed by atoms with E-state index in [2.05, 4.69) is 89.8 Å². The average Bonchev–Trinajstić information content (AvgIpc) is 3.63. The smallest absolute Gasteiger partial charge is 0.187 e. The maximum atomic E-state index is 7.35. The monoisotopic (exact) mass is 529 g/mol. The number of ether oxygens (including phenoxy) is 1. The van der Waals surface area contributed by atoms with Crippen LogP contribution in [0.2, 0.25) is 0 Å². The van der Waals surface area contributed by atoms with Gasteiger partial charge in [0.1, 0.15) is 28.3 Å². The van der Waals surface area contributed by atoms with E-state index in [0.29, 0.717) is 5.69 Å². The van der Waals surface area contributed by atoms with Crippen LogP contribution in [0.5, 0.6) is 5.75 Å². The summed E-state index contributed by atoms with van der Waals surface area (Å²) in [6, 6.07) is 39.7. The van der Waals surface area contributed by atoms with Crippen LogP contribution in [0, 0.1) is 6.57 Å². The van der Waals surface area contributed by atoms with E-state index in [9.17, 15) is 0 Å². The van der Waals surface area contributed by atoms with Crippen molar-refractivity contribution in [2.45, 2.75) is 10.3 Å². The molecule has 0 amide bonds. The molecule has 0 saturated carbocycles. The summed E-state index contributed by atoms with van der Waals surface area (Å²) in [6.45, 7) is 7.35. The summed E-state index contributed by atoms with van der Waals surface area (Å²) in [5.74, 6) is 2.68. The van der Waals surface area contributed by atoms with Crippen LogP contribution in [0.1, 0.15) is 22.5 Å². The Morgan fingerprint density at radius 3 is 2.10 bits per heavy atom. The number of allylic oxidation sites excluding steroid dienone is 1. The minimum atomic E-state index is -0.692. The van der Waals surface area contributed by atoms with Gasteiger partial charge in [-0.2, -0.15) is 0 Å². The Morgan fingerprint density at radius 1 is 0.675 bits per heavy atom. The number of thioether (sulfide) groups is 1. The second-order valence-corrected chi connectivity index (χ2v) is 11.3. The number of para-hydroxylation sites is 2. The van der Waals surface area contributed by atoms with Crippen molar-refractivity contribution in [1.82, 2.24) is 0 Å². The quantitative estimate of drug-likeness (QED) is 0.198. The van der Waals surface area contributed by atoms with Crippen molar-refractivity contribution >= 4 is 33.3 Å². The Morgan fingerprint density at radius 2 is 1.35 bits per heavy atom. The van der Waals surface area contributed by atoms with Crippen LogP contribution in [0.4, 0.5) is 5.69 Å². The molecule has 0 saturated heterocycles. The standard InChI is InChI=1S/C36H19NO2S/c1-37-22-19-17-21(18-20-22)23-12-8-16-30-32(23)39-35-33(40-30)31-26-11-4-7-15-29(26)38-34(31)36(35)27-13-5-2-9-24(27)25-10-3-6-14-28(25)36/h2-20H. The number of hydrogen-bond donors (Lipinski definition) is 0. The van der Waals surface area contributed by atoms with Gasteiger partial charge in [0.25, 0.3) is 0 Å². The zero-order valence-corrected chi connectivity index (χ0v) is 22.0. The van der Waals surface area contributed by atoms with Crippen molar-refractivity contribution in [2.24, 2.45) is 0 Å². The highest BCUT2D eigenvalue weighted by Gasteiger charge is 2.59. The number of nitrogens with zero attached hydrogens (tertiary/aromatic N) is 1. The average molecular weight is 530 g/mol. The molecule has 6 aromatic rings. The predicted octanol–water partition coefficient (Wildman–Crippen LogP) is 9.83. The third kappa shape index (κ3) is 2.60. The molecule has 2 aliphatic carbocycles. The van der Waals surface area contributed by atoms with E-state index in [0.717, 1.165) is 54.7 Å². The summed E-state index contributed by atoms with van der Waals surface area (Å²) in [5, 5.41) is 1.11. The summed E-state index contributed by atoms with van der Waals surface area (Å²) in [5.41, 5.74) is 8.77. The highest BCUT2D eigenvalue weighted by Crippen LogP contribution is 2.68. The summed E-state index contributed by atoms with van der Waals surface area (Å²) in [4.78, 5) is 5.74. The molecule has 186 valence electrons. The molecular weight excluding hydrogens is 510 g/mol. The fourth-order valence-corrected chi connectivity index (χ4v) is 7.93. The van der Waals surface area contributed by atoms with Gasteiger partial charge < -0.3 is 9.15 Å². The summed E-state index contributed by atoms with van der Waals surface area (Å²) < 4.78 is 14.0. The highest BCUT2D eigenvalue weighted by atomic mass is 32.2. The molecule has 4 heteroatoms. The van der Waals surface area contributed by atoms with Crippen LogP contribution < -0.4 is 4.74 Å². The molecule has 2 heterocycles. The normalized spacial score (nSPS) is 15.2. The molecular formula is C36H19NO2S. The topological polar surface area (TPSA) is 26.7 Å². The lowest BCUT2D eigenvalue weighted by Gasteiger charge is -2.32. The largest absolute Gasteiger partial charge is 0.459 e. The third-order valence-electron chi connectivity index (χ3n) is 8.36. The van der Waals surface area contributed by atoms with Gasteiger partial charge in [-0.15, -0.1) is 0 Å². The molecule has 1 aliphatic heterocycles. The Kier molecular flexibility index (Phi) is 4.26. The van der Waals surface area contributed by atoms with Gasteiger partial charge in [-0.05, 0) is 39.9 Å². The van der Waals surface area contributed by atoms with Gasteiger partial charge in [0, 0.05) is 16.5 Å². The fraction of sp³-hybridized carbons (Fsp3) is 0.0278. The first-order valence-electron chi connectivity index (χ1n) is 13.2. The minimum absolute atomic E-state index is 0.624. The van der Waals surface area contributed by atoms with Crippen LogP contribution in [0.25, 0.3) is 43.0 Å². The van der Waals surface area contributed by atoms with Crippen LogP contribution in [0.3, 0.4) is 0 Å². The van der Waals surface area contributed by atoms with Gasteiger partial charge in [-0.1, -0.05) is 115 Å². The molecule has 5 aromatic carbocycles. The van der Waals surface area contributed by atoms with Gasteiger partial charge in [0.15, 0.2) is 5.69 Å². The van der Waals surface area contributed by atoms with E-state index in [-0.39, 0.29) is 0 Å². The maximum Gasteiger partial charge on any atom is 0.187 e. The SMILES string of the molecule is [C-]#[N+]c1ccc(-c2cccc3c2OC2=C(S3)c3c(oc4ccccc34)C23c2ccccc2-c2ccccc23)cc1. The van der Waals surface area contributed by atoms with Gasteiger partial charge in [-0.25, -0.2) is 4.85 Å². The molecule has 1 spiro atoms. The van der Waals surface area contributed by atoms with Gasteiger partial charge in [-0.3, -0.25) is 0 Å². The maximum absolute atomic E-state index is 7.35. The molecule has 0 radical (unpaired) electrons. The molecule has 0 N–H and O–H groups in total. The summed E-state index contributed by atoms with van der Waals surface area (Å²) in [7, 11) is 0.